The molecule has 0 aromatic carbocycles. The van der Waals surface area contributed by atoms with E-state index in [-0.39, 0.29) is 0 Å². The molecule has 0 saturated heterocycles. The molecule has 0 N–H and O–H groups in total. The van der Waals surface area contributed by atoms with Gasteiger partial charge in [0.05, 0.1) is 5.69 Å². The Kier molecular flexibility index (Phi) is 1.75. The molecule has 1 aromatic rings. The predicted octanol–water partition coefficient (Wildman–Crippen LogP) is 0.120. The highest BCUT2D eigenvalue weighted by atomic mass is 17.0. The summed E-state index contributed by atoms with van der Waals surface area (Å²) in [6.07, 6.45) is 0. The van der Waals surface area contributed by atoms with Gasteiger partial charge in [0.15, 0.2) is 10.8 Å². The molecule has 60 valence electrons. The van der Waals surface area contributed by atoms with Gasteiger partial charge in [-0.1, -0.05) is 5.10 Å². The second kappa shape index (κ2) is 2.57. The van der Waals surface area contributed by atoms with Gasteiger partial charge in [0.25, 0.3) is 0 Å². The van der Waals surface area contributed by atoms with Gasteiger partial charge in [0.2, 0.25) is 0 Å². The first-order chi connectivity index (χ1) is 5.09. The monoisotopic (exact) mass is 157 g/mol. The number of rotatable bonds is 2. The Hall–Kier alpha value is -1.59. The van der Waals surface area contributed by atoms with Crippen LogP contribution in [-0.2, 0) is 0 Å². The number of nitrogens with zero attached hydrogens (tertiary/aromatic N) is 3. The van der Waals surface area contributed by atoms with Crippen molar-refractivity contribution >= 4 is 0 Å². The molecule has 0 amide bonds. The maximum atomic E-state index is 9.85. The second-order valence-corrected chi connectivity index (χ2v) is 2.11. The molecule has 0 atom stereocenters. The van der Waals surface area contributed by atoms with Gasteiger partial charge in [-0.2, -0.15) is 4.94 Å². The minimum atomic E-state index is -0.903. The third-order valence-corrected chi connectivity index (χ3v) is 1.11. The third-order valence-electron chi connectivity index (χ3n) is 1.11. The zero-order valence-electron chi connectivity index (χ0n) is 6.14. The molecule has 0 spiro atoms. The Bertz CT molecular complexity index is 281. The highest BCUT2D eigenvalue weighted by Crippen LogP contribution is 1.98. The number of aromatic nitrogens is 2. The minimum Gasteiger partial charge on any atom is -0.218 e. The van der Waals surface area contributed by atoms with Gasteiger partial charge in [-0.25, -0.2) is 10.1 Å². The zero-order chi connectivity index (χ0) is 8.43. The van der Waals surface area contributed by atoms with Crippen LogP contribution in [0.1, 0.15) is 11.4 Å². The zero-order valence-corrected chi connectivity index (χ0v) is 6.14. The molecule has 0 fully saturated rings. The molecule has 0 aliphatic carbocycles. The van der Waals surface area contributed by atoms with Crippen LogP contribution in [0.2, 0.25) is 0 Å². The van der Waals surface area contributed by atoms with E-state index in [0.717, 1.165) is 4.85 Å². The maximum absolute atomic E-state index is 9.85. The first-order valence-corrected chi connectivity index (χ1v) is 2.95. The number of hydrogen-bond donors (Lipinski definition) is 0. The van der Waals surface area contributed by atoms with Crippen molar-refractivity contribution in [1.82, 2.24) is 9.94 Å². The molecule has 0 unspecified atom stereocenters. The average Bonchev–Trinajstić information content (AvgIpc) is 2.09. The van der Waals surface area contributed by atoms with Gasteiger partial charge in [-0.3, -0.25) is 0 Å². The molecule has 0 bridgehead atoms. The first-order valence-electron chi connectivity index (χ1n) is 2.95. The van der Waals surface area contributed by atoms with Gasteiger partial charge in [0, 0.05) is 17.8 Å². The van der Waals surface area contributed by atoms with Crippen LogP contribution in [0.4, 0.5) is 0 Å². The van der Waals surface area contributed by atoms with Crippen molar-refractivity contribution in [1.29, 1.82) is 0 Å². The highest BCUT2D eigenvalue weighted by Gasteiger charge is 2.06. The van der Waals surface area contributed by atoms with Crippen LogP contribution in [0, 0.1) is 24.0 Å². The van der Waals surface area contributed by atoms with Crippen molar-refractivity contribution in [2.24, 2.45) is 0 Å². The summed E-state index contributed by atoms with van der Waals surface area (Å²) in [5, 5.41) is 12.7. The van der Waals surface area contributed by atoms with Crippen molar-refractivity contribution in [3.63, 3.8) is 0 Å². The summed E-state index contributed by atoms with van der Waals surface area (Å²) in [7, 11) is 0. The van der Waals surface area contributed by atoms with Gasteiger partial charge >= 0.3 is 0 Å². The molecular weight excluding hydrogens is 150 g/mol. The standard InChI is InChI=1S/C5H7N3O3/c1-4-3-5(2)7(6-4)11-8(9)10/h3H,1-2H3. The Morgan fingerprint density at radius 1 is 1.73 bits per heavy atom. The Morgan fingerprint density at radius 2 is 2.36 bits per heavy atom. The molecule has 6 heteroatoms. The molecule has 0 aliphatic rings. The van der Waals surface area contributed by atoms with E-state index in [2.05, 4.69) is 10.0 Å². The number of hydrogen-bond acceptors (Lipinski definition) is 4. The molecule has 1 heterocycles. The Balaban J connectivity index is 2.85. The van der Waals surface area contributed by atoms with Crippen molar-refractivity contribution < 1.29 is 10.0 Å². The summed E-state index contributed by atoms with van der Waals surface area (Å²) in [5.74, 6) is 0. The summed E-state index contributed by atoms with van der Waals surface area (Å²) >= 11 is 0. The van der Waals surface area contributed by atoms with Crippen LogP contribution in [0.3, 0.4) is 0 Å². The Morgan fingerprint density at radius 3 is 2.73 bits per heavy atom. The predicted molar refractivity (Wildman–Crippen MR) is 35.3 cm³/mol. The van der Waals surface area contributed by atoms with E-state index >= 15 is 0 Å². The average molecular weight is 157 g/mol. The summed E-state index contributed by atoms with van der Waals surface area (Å²) in [6.45, 7) is 3.40. The summed E-state index contributed by atoms with van der Waals surface area (Å²) in [6, 6.07) is 1.68. The fourth-order valence-corrected chi connectivity index (χ4v) is 0.754. The van der Waals surface area contributed by atoms with Crippen molar-refractivity contribution in [3.05, 3.63) is 27.6 Å². The van der Waals surface area contributed by atoms with Crippen molar-refractivity contribution in [3.8, 4) is 0 Å². The summed E-state index contributed by atoms with van der Waals surface area (Å²) in [5.41, 5.74) is 1.28. The van der Waals surface area contributed by atoms with E-state index in [9.17, 15) is 10.1 Å². The largest absolute Gasteiger partial charge is 0.218 e. The molecule has 6 nitrogen and oxygen atoms in total. The topological polar surface area (TPSA) is 70.2 Å². The van der Waals surface area contributed by atoms with Crippen molar-refractivity contribution in [2.45, 2.75) is 13.8 Å². The Labute approximate surface area is 62.4 Å². The molecule has 0 radical (unpaired) electrons. The summed E-state index contributed by atoms with van der Waals surface area (Å²) in [4.78, 5) is 14.8. The SMILES string of the molecule is Cc1cc(C)n(O[N+](=O)[O-])n1. The first kappa shape index (κ1) is 7.52. The molecule has 1 aromatic heterocycles. The van der Waals surface area contributed by atoms with Crippen LogP contribution in [-0.4, -0.2) is 15.0 Å². The van der Waals surface area contributed by atoms with Gasteiger partial charge < -0.3 is 0 Å². The van der Waals surface area contributed by atoms with Crippen LogP contribution >= 0.6 is 0 Å². The fourth-order valence-electron chi connectivity index (χ4n) is 0.754. The van der Waals surface area contributed by atoms with E-state index in [1.165, 1.54) is 0 Å². The molecule has 1 rings (SSSR count). The van der Waals surface area contributed by atoms with Crippen LogP contribution in [0.25, 0.3) is 0 Å². The molecular formula is C5H7N3O3. The lowest BCUT2D eigenvalue weighted by Gasteiger charge is -1.94. The third kappa shape index (κ3) is 1.66. The quantitative estimate of drug-likeness (QED) is 0.451. The fraction of sp³-hybridized carbons (Fsp3) is 0.400. The van der Waals surface area contributed by atoms with Gasteiger partial charge in [0.1, 0.15) is 0 Å². The normalized spacial score (nSPS) is 9.64. The molecule has 0 aliphatic heterocycles. The van der Waals surface area contributed by atoms with E-state index in [1.807, 2.05) is 0 Å². The molecule has 11 heavy (non-hydrogen) atoms. The van der Waals surface area contributed by atoms with Gasteiger partial charge in [-0.05, 0) is 6.92 Å². The lowest BCUT2D eigenvalue weighted by molar-refractivity contribution is -0.752. The highest BCUT2D eigenvalue weighted by molar-refractivity contribution is 5.04. The molecule has 0 saturated carbocycles. The number of aryl methyl sites for hydroxylation is 2. The smallest absolute Gasteiger partial charge is 0.170 e. The lowest BCUT2D eigenvalue weighted by Crippen LogP contribution is -2.20. The van der Waals surface area contributed by atoms with Crippen molar-refractivity contribution in [2.75, 3.05) is 0 Å². The lowest BCUT2D eigenvalue weighted by atomic mass is 10.4. The van der Waals surface area contributed by atoms with E-state index < -0.39 is 5.09 Å². The van der Waals surface area contributed by atoms with E-state index in [4.69, 9.17) is 0 Å². The van der Waals surface area contributed by atoms with E-state index in [0.29, 0.717) is 11.4 Å². The second-order valence-electron chi connectivity index (χ2n) is 2.11. The van der Waals surface area contributed by atoms with Crippen LogP contribution in [0.5, 0.6) is 0 Å². The van der Waals surface area contributed by atoms with Gasteiger partial charge in [-0.15, -0.1) is 0 Å². The summed E-state index contributed by atoms with van der Waals surface area (Å²) < 4.78 is 0. The minimum absolute atomic E-state index is 0.596. The van der Waals surface area contributed by atoms with Crippen LogP contribution < -0.4 is 4.94 Å². The van der Waals surface area contributed by atoms with E-state index in [1.54, 1.807) is 19.9 Å². The maximum Gasteiger partial charge on any atom is 0.170 e. The van der Waals surface area contributed by atoms with Crippen LogP contribution in [0.15, 0.2) is 6.07 Å².